The van der Waals surface area contributed by atoms with Crippen molar-refractivity contribution in [2.45, 2.75) is 6.54 Å². The average molecular weight is 285 g/mol. The third kappa shape index (κ3) is 2.56. The van der Waals surface area contributed by atoms with Crippen molar-refractivity contribution in [3.05, 3.63) is 59.8 Å². The van der Waals surface area contributed by atoms with Gasteiger partial charge in [-0.3, -0.25) is 4.98 Å². The fourth-order valence-electron chi connectivity index (χ4n) is 2.14. The Kier molecular flexibility index (Phi) is 3.48. The van der Waals surface area contributed by atoms with E-state index >= 15 is 0 Å². The minimum Gasteiger partial charge on any atom is -0.365 e. The van der Waals surface area contributed by atoms with Gasteiger partial charge >= 0.3 is 0 Å². The van der Waals surface area contributed by atoms with Gasteiger partial charge in [-0.1, -0.05) is 29.8 Å². The Morgan fingerprint density at radius 2 is 1.90 bits per heavy atom. The van der Waals surface area contributed by atoms with Crippen LogP contribution >= 0.6 is 11.6 Å². The normalized spacial score (nSPS) is 10.7. The highest BCUT2D eigenvalue weighted by molar-refractivity contribution is 6.29. The molecule has 0 amide bonds. The van der Waals surface area contributed by atoms with Crippen molar-refractivity contribution in [2.24, 2.45) is 0 Å². The van der Waals surface area contributed by atoms with Crippen LogP contribution in [0.5, 0.6) is 0 Å². The third-order valence-electron chi connectivity index (χ3n) is 3.07. The molecule has 2 heterocycles. The summed E-state index contributed by atoms with van der Waals surface area (Å²) in [7, 11) is 1.99. The molecular formula is C15H13ClN4. The molecule has 20 heavy (non-hydrogen) atoms. The van der Waals surface area contributed by atoms with E-state index in [0.29, 0.717) is 17.5 Å². The molecule has 0 radical (unpaired) electrons. The second-order valence-electron chi connectivity index (χ2n) is 4.50. The first-order valence-electron chi connectivity index (χ1n) is 6.26. The fourth-order valence-corrected chi connectivity index (χ4v) is 2.30. The molecule has 3 aromatic rings. The first-order valence-corrected chi connectivity index (χ1v) is 6.64. The molecule has 0 atom stereocenters. The lowest BCUT2D eigenvalue weighted by molar-refractivity contribution is 0.839. The zero-order valence-electron chi connectivity index (χ0n) is 11.0. The zero-order chi connectivity index (χ0) is 13.9. The maximum atomic E-state index is 5.89. The van der Waals surface area contributed by atoms with Gasteiger partial charge in [-0.05, 0) is 18.2 Å². The molecule has 1 aromatic carbocycles. The minimum atomic E-state index is 0.458. The molecule has 0 saturated heterocycles. The van der Waals surface area contributed by atoms with Crippen LogP contribution in [-0.4, -0.2) is 22.0 Å². The Morgan fingerprint density at radius 1 is 1.05 bits per heavy atom. The maximum absolute atomic E-state index is 5.89. The van der Waals surface area contributed by atoms with E-state index < -0.39 is 0 Å². The monoisotopic (exact) mass is 284 g/mol. The van der Waals surface area contributed by atoms with E-state index in [1.165, 1.54) is 0 Å². The number of nitrogens with zero attached hydrogens (tertiary/aromatic N) is 4. The smallest absolute Gasteiger partial charge is 0.149 e. The lowest BCUT2D eigenvalue weighted by Crippen LogP contribution is -2.18. The zero-order valence-corrected chi connectivity index (χ0v) is 11.7. The molecule has 0 saturated carbocycles. The summed E-state index contributed by atoms with van der Waals surface area (Å²) >= 11 is 5.89. The van der Waals surface area contributed by atoms with Crippen molar-refractivity contribution in [3.63, 3.8) is 0 Å². The van der Waals surface area contributed by atoms with Crippen LogP contribution in [0.2, 0.25) is 5.15 Å². The second-order valence-corrected chi connectivity index (χ2v) is 4.89. The van der Waals surface area contributed by atoms with Gasteiger partial charge in [0.2, 0.25) is 0 Å². The minimum absolute atomic E-state index is 0.458. The SMILES string of the molecule is CN(Cc1nccc(Cl)n1)c1cccc2cccnc12. The Balaban J connectivity index is 1.94. The van der Waals surface area contributed by atoms with Crippen LogP contribution in [-0.2, 0) is 6.54 Å². The van der Waals surface area contributed by atoms with Gasteiger partial charge in [0, 0.05) is 24.8 Å². The highest BCUT2D eigenvalue weighted by Gasteiger charge is 2.09. The molecule has 0 fully saturated rings. The van der Waals surface area contributed by atoms with Gasteiger partial charge in [-0.15, -0.1) is 0 Å². The summed E-state index contributed by atoms with van der Waals surface area (Å²) in [5, 5.41) is 1.57. The molecule has 0 aliphatic rings. The van der Waals surface area contributed by atoms with Crippen molar-refractivity contribution in [2.75, 3.05) is 11.9 Å². The Hall–Kier alpha value is -2.20. The quantitative estimate of drug-likeness (QED) is 0.692. The molecule has 0 unspecified atom stereocenters. The number of pyridine rings is 1. The van der Waals surface area contributed by atoms with E-state index in [1.807, 2.05) is 25.2 Å². The summed E-state index contributed by atoms with van der Waals surface area (Å²) in [6.07, 6.45) is 3.47. The molecular weight excluding hydrogens is 272 g/mol. The van der Waals surface area contributed by atoms with Gasteiger partial charge in [-0.25, -0.2) is 9.97 Å². The molecule has 4 nitrogen and oxygen atoms in total. The topological polar surface area (TPSA) is 41.9 Å². The van der Waals surface area contributed by atoms with Gasteiger partial charge in [0.15, 0.2) is 0 Å². The molecule has 0 aliphatic heterocycles. The van der Waals surface area contributed by atoms with Crippen LogP contribution in [0.3, 0.4) is 0 Å². The van der Waals surface area contributed by atoms with E-state index in [2.05, 4.69) is 32.0 Å². The lowest BCUT2D eigenvalue weighted by Gasteiger charge is -2.19. The summed E-state index contributed by atoms with van der Waals surface area (Å²) in [5.74, 6) is 0.688. The van der Waals surface area contributed by atoms with Gasteiger partial charge in [-0.2, -0.15) is 0 Å². The number of hydrogen-bond acceptors (Lipinski definition) is 4. The summed E-state index contributed by atoms with van der Waals surface area (Å²) < 4.78 is 0. The highest BCUT2D eigenvalue weighted by atomic mass is 35.5. The Bertz CT molecular complexity index is 739. The van der Waals surface area contributed by atoms with Gasteiger partial charge in [0.05, 0.1) is 17.7 Å². The largest absolute Gasteiger partial charge is 0.365 e. The van der Waals surface area contributed by atoms with Crippen molar-refractivity contribution in [1.82, 2.24) is 15.0 Å². The van der Waals surface area contributed by atoms with E-state index in [0.717, 1.165) is 16.6 Å². The number of benzene rings is 1. The standard InChI is InChI=1S/C15H13ClN4/c1-20(10-14-17-9-7-13(16)19-14)12-6-2-4-11-5-3-8-18-15(11)12/h2-9H,10H2,1H3. The molecule has 100 valence electrons. The first-order chi connectivity index (χ1) is 9.74. The maximum Gasteiger partial charge on any atom is 0.149 e. The second kappa shape index (κ2) is 5.43. The van der Waals surface area contributed by atoms with Crippen LogP contribution in [0.1, 0.15) is 5.82 Å². The molecule has 5 heteroatoms. The predicted molar refractivity (Wildman–Crippen MR) is 80.9 cm³/mol. The number of anilines is 1. The molecule has 3 rings (SSSR count). The first kappa shape index (κ1) is 12.8. The van der Waals surface area contributed by atoms with E-state index in [4.69, 9.17) is 11.6 Å². The molecule has 2 aromatic heterocycles. The highest BCUT2D eigenvalue weighted by Crippen LogP contribution is 2.24. The van der Waals surface area contributed by atoms with E-state index in [-0.39, 0.29) is 0 Å². The predicted octanol–water partition coefficient (Wildman–Crippen LogP) is 3.31. The van der Waals surface area contributed by atoms with Crippen molar-refractivity contribution >= 4 is 28.2 Å². The Labute approximate surface area is 122 Å². The van der Waals surface area contributed by atoms with Crippen LogP contribution in [0.15, 0.2) is 48.8 Å². The summed E-state index contributed by atoms with van der Waals surface area (Å²) in [5.41, 5.74) is 2.02. The lowest BCUT2D eigenvalue weighted by atomic mass is 10.2. The molecule has 0 bridgehead atoms. The number of fused-ring (bicyclic) bond motifs is 1. The van der Waals surface area contributed by atoms with E-state index in [9.17, 15) is 0 Å². The number of halogens is 1. The molecule has 0 spiro atoms. The van der Waals surface area contributed by atoms with Crippen molar-refractivity contribution in [1.29, 1.82) is 0 Å². The van der Waals surface area contributed by atoms with Gasteiger partial charge in [0.25, 0.3) is 0 Å². The van der Waals surface area contributed by atoms with Crippen LogP contribution in [0, 0.1) is 0 Å². The van der Waals surface area contributed by atoms with Crippen molar-refractivity contribution < 1.29 is 0 Å². The van der Waals surface area contributed by atoms with Crippen LogP contribution in [0.4, 0.5) is 5.69 Å². The van der Waals surface area contributed by atoms with Crippen molar-refractivity contribution in [3.8, 4) is 0 Å². The fraction of sp³-hybridized carbons (Fsp3) is 0.133. The summed E-state index contributed by atoms with van der Waals surface area (Å²) in [6.45, 7) is 0.580. The number of aromatic nitrogens is 3. The summed E-state index contributed by atoms with van der Waals surface area (Å²) in [6, 6.07) is 11.8. The van der Waals surface area contributed by atoms with Gasteiger partial charge in [0.1, 0.15) is 11.0 Å². The third-order valence-corrected chi connectivity index (χ3v) is 3.28. The Morgan fingerprint density at radius 3 is 2.75 bits per heavy atom. The van der Waals surface area contributed by atoms with Gasteiger partial charge < -0.3 is 4.90 Å². The molecule has 0 aliphatic carbocycles. The molecule has 0 N–H and O–H groups in total. The summed E-state index contributed by atoms with van der Waals surface area (Å²) in [4.78, 5) is 15.0. The number of hydrogen-bond donors (Lipinski definition) is 0. The average Bonchev–Trinajstić information content (AvgIpc) is 2.46. The number of rotatable bonds is 3. The van der Waals surface area contributed by atoms with Crippen LogP contribution in [0.25, 0.3) is 10.9 Å². The van der Waals surface area contributed by atoms with E-state index in [1.54, 1.807) is 18.5 Å². The number of para-hydroxylation sites is 1. The van der Waals surface area contributed by atoms with Crippen LogP contribution < -0.4 is 4.90 Å².